The first kappa shape index (κ1) is 12.7. The van der Waals surface area contributed by atoms with Crippen LogP contribution in [0.25, 0.3) is 0 Å². The molecule has 0 fully saturated rings. The molecule has 2 heterocycles. The molecule has 19 heavy (non-hydrogen) atoms. The summed E-state index contributed by atoms with van der Waals surface area (Å²) < 4.78 is 5.95. The summed E-state index contributed by atoms with van der Waals surface area (Å²) in [5, 5.41) is 22.0. The van der Waals surface area contributed by atoms with Gasteiger partial charge in [-0.05, 0) is 6.92 Å². The molecule has 2 aromatic heterocycles. The second-order valence-corrected chi connectivity index (χ2v) is 3.81. The summed E-state index contributed by atoms with van der Waals surface area (Å²) in [5.74, 6) is -0.874. The van der Waals surface area contributed by atoms with Gasteiger partial charge in [0.2, 0.25) is 0 Å². The predicted molar refractivity (Wildman–Crippen MR) is 60.1 cm³/mol. The molecule has 1 amide bonds. The highest BCUT2D eigenvalue weighted by Crippen LogP contribution is 2.01. The molecule has 2 rings (SSSR count). The van der Waals surface area contributed by atoms with Crippen LogP contribution in [0.2, 0.25) is 0 Å². The van der Waals surface area contributed by atoms with Crippen LogP contribution in [0.3, 0.4) is 0 Å². The van der Waals surface area contributed by atoms with Gasteiger partial charge < -0.3 is 14.9 Å². The third kappa shape index (κ3) is 3.37. The Hall–Kier alpha value is -2.71. The zero-order valence-electron chi connectivity index (χ0n) is 10.0. The number of carboxylic acids is 1. The molecule has 0 atom stereocenters. The topological polar surface area (TPSA) is 123 Å². The lowest BCUT2D eigenvalue weighted by Crippen LogP contribution is -2.23. The zero-order valence-corrected chi connectivity index (χ0v) is 10.0. The van der Waals surface area contributed by atoms with Crippen molar-refractivity contribution in [2.45, 2.75) is 20.0 Å². The van der Waals surface area contributed by atoms with Gasteiger partial charge in [0.1, 0.15) is 18.0 Å². The van der Waals surface area contributed by atoms with Crippen molar-refractivity contribution in [1.82, 2.24) is 25.5 Å². The Morgan fingerprint density at radius 3 is 2.95 bits per heavy atom. The summed E-state index contributed by atoms with van der Waals surface area (Å²) >= 11 is 0. The van der Waals surface area contributed by atoms with Crippen LogP contribution < -0.4 is 5.32 Å². The average Bonchev–Trinajstić information content (AvgIpc) is 2.94. The average molecular weight is 265 g/mol. The van der Waals surface area contributed by atoms with E-state index < -0.39 is 11.9 Å². The van der Waals surface area contributed by atoms with E-state index in [0.717, 1.165) is 0 Å². The Labute approximate surface area is 107 Å². The maximum Gasteiger partial charge on any atom is 0.325 e. The van der Waals surface area contributed by atoms with Gasteiger partial charge in [0.15, 0.2) is 5.69 Å². The van der Waals surface area contributed by atoms with Gasteiger partial charge in [0, 0.05) is 6.07 Å². The monoisotopic (exact) mass is 265 g/mol. The van der Waals surface area contributed by atoms with Crippen LogP contribution in [-0.4, -0.2) is 37.1 Å². The Morgan fingerprint density at radius 2 is 2.32 bits per heavy atom. The summed E-state index contributed by atoms with van der Waals surface area (Å²) in [4.78, 5) is 22.1. The van der Waals surface area contributed by atoms with Crippen molar-refractivity contribution in [2.24, 2.45) is 0 Å². The molecule has 0 aliphatic rings. The van der Waals surface area contributed by atoms with Crippen molar-refractivity contribution < 1.29 is 19.2 Å². The Kier molecular flexibility index (Phi) is 3.55. The minimum atomic E-state index is -1.02. The van der Waals surface area contributed by atoms with Crippen LogP contribution in [0.5, 0.6) is 0 Å². The lowest BCUT2D eigenvalue weighted by Gasteiger charge is -1.98. The Balaban J connectivity index is 1.90. The number of carbonyl (C=O) groups is 2. The first-order valence-corrected chi connectivity index (χ1v) is 5.37. The molecular weight excluding hydrogens is 254 g/mol. The molecule has 0 saturated carbocycles. The van der Waals surface area contributed by atoms with E-state index in [9.17, 15) is 9.59 Å². The van der Waals surface area contributed by atoms with E-state index >= 15 is 0 Å². The minimum absolute atomic E-state index is 0.129. The number of aryl methyl sites for hydroxylation is 1. The molecule has 0 spiro atoms. The smallest absolute Gasteiger partial charge is 0.325 e. The second-order valence-electron chi connectivity index (χ2n) is 3.81. The van der Waals surface area contributed by atoms with Gasteiger partial charge in [-0.1, -0.05) is 10.4 Å². The quantitative estimate of drug-likeness (QED) is 0.753. The fourth-order valence-electron chi connectivity index (χ4n) is 1.37. The molecule has 0 aromatic carbocycles. The number of aromatic nitrogens is 4. The second kappa shape index (κ2) is 5.29. The third-order valence-electron chi connectivity index (χ3n) is 2.17. The highest BCUT2D eigenvalue weighted by atomic mass is 16.5. The van der Waals surface area contributed by atoms with Crippen molar-refractivity contribution in [3.8, 4) is 0 Å². The van der Waals surface area contributed by atoms with Crippen molar-refractivity contribution >= 4 is 11.9 Å². The number of nitrogens with zero attached hydrogens (tertiary/aromatic N) is 4. The lowest BCUT2D eigenvalue weighted by molar-refractivity contribution is -0.137. The third-order valence-corrected chi connectivity index (χ3v) is 2.17. The summed E-state index contributed by atoms with van der Waals surface area (Å²) in [5.41, 5.74) is 0.630. The number of carboxylic acid groups (broad SMARTS) is 1. The summed E-state index contributed by atoms with van der Waals surface area (Å²) in [6, 6.07) is 1.51. The molecule has 9 nitrogen and oxygen atoms in total. The van der Waals surface area contributed by atoms with Gasteiger partial charge in [-0.3, -0.25) is 9.59 Å². The van der Waals surface area contributed by atoms with E-state index in [1.807, 2.05) is 0 Å². The van der Waals surface area contributed by atoms with Crippen molar-refractivity contribution in [2.75, 3.05) is 0 Å². The number of amides is 1. The van der Waals surface area contributed by atoms with Crippen LogP contribution in [-0.2, 0) is 17.9 Å². The molecule has 9 heteroatoms. The predicted octanol–water partition coefficient (Wildman–Crippen LogP) is -0.411. The van der Waals surface area contributed by atoms with Crippen molar-refractivity contribution in [3.05, 3.63) is 29.4 Å². The van der Waals surface area contributed by atoms with Crippen LogP contribution >= 0.6 is 0 Å². The van der Waals surface area contributed by atoms with Gasteiger partial charge in [-0.25, -0.2) is 4.68 Å². The number of hydrogen-bond donors (Lipinski definition) is 2. The molecule has 0 saturated heterocycles. The van der Waals surface area contributed by atoms with E-state index in [1.165, 1.54) is 16.9 Å². The highest BCUT2D eigenvalue weighted by molar-refractivity contribution is 5.92. The normalized spacial score (nSPS) is 10.4. The number of carbonyl (C=O) groups excluding carboxylic acids is 1. The lowest BCUT2D eigenvalue weighted by atomic mass is 10.3. The maximum atomic E-state index is 11.6. The first-order chi connectivity index (χ1) is 9.04. The Morgan fingerprint density at radius 1 is 1.53 bits per heavy atom. The van der Waals surface area contributed by atoms with Gasteiger partial charge in [-0.2, -0.15) is 0 Å². The van der Waals surface area contributed by atoms with E-state index in [1.54, 1.807) is 6.92 Å². The van der Waals surface area contributed by atoms with Crippen LogP contribution in [0, 0.1) is 6.92 Å². The largest absolute Gasteiger partial charge is 0.480 e. The van der Waals surface area contributed by atoms with Gasteiger partial charge in [0.25, 0.3) is 5.91 Å². The van der Waals surface area contributed by atoms with Gasteiger partial charge in [0.05, 0.1) is 12.7 Å². The fourth-order valence-corrected chi connectivity index (χ4v) is 1.37. The molecule has 0 unspecified atom stereocenters. The van der Waals surface area contributed by atoms with Crippen LogP contribution in [0.4, 0.5) is 0 Å². The van der Waals surface area contributed by atoms with E-state index in [4.69, 9.17) is 9.63 Å². The standard InChI is InChI=1S/C10H11N5O4/c1-6-2-8(13-19-6)10(18)11-3-7-4-15(14-12-7)5-9(16)17/h2,4H,3,5H2,1H3,(H,11,18)(H,16,17). The number of nitrogens with one attached hydrogen (secondary N) is 1. The van der Waals surface area contributed by atoms with E-state index in [-0.39, 0.29) is 18.8 Å². The van der Waals surface area contributed by atoms with Crippen molar-refractivity contribution in [3.63, 3.8) is 0 Å². The summed E-state index contributed by atoms with van der Waals surface area (Å²) in [7, 11) is 0. The minimum Gasteiger partial charge on any atom is -0.480 e. The van der Waals surface area contributed by atoms with Crippen LogP contribution in [0.15, 0.2) is 16.8 Å². The fraction of sp³-hybridized carbons (Fsp3) is 0.300. The van der Waals surface area contributed by atoms with Crippen molar-refractivity contribution in [1.29, 1.82) is 0 Å². The molecular formula is C10H11N5O4. The molecule has 2 N–H and O–H groups in total. The molecule has 0 aliphatic carbocycles. The van der Waals surface area contributed by atoms with E-state index in [2.05, 4.69) is 20.8 Å². The van der Waals surface area contributed by atoms with Gasteiger partial charge >= 0.3 is 5.97 Å². The molecule has 2 aromatic rings. The summed E-state index contributed by atoms with van der Waals surface area (Å²) in [6.07, 6.45) is 1.45. The highest BCUT2D eigenvalue weighted by Gasteiger charge is 2.11. The number of aliphatic carboxylic acids is 1. The van der Waals surface area contributed by atoms with E-state index in [0.29, 0.717) is 11.5 Å². The summed E-state index contributed by atoms with van der Waals surface area (Å²) in [6.45, 7) is 1.54. The molecule has 0 radical (unpaired) electrons. The molecule has 0 bridgehead atoms. The first-order valence-electron chi connectivity index (χ1n) is 5.37. The Bertz CT molecular complexity index is 603. The zero-order chi connectivity index (χ0) is 13.8. The maximum absolute atomic E-state index is 11.6. The number of hydrogen-bond acceptors (Lipinski definition) is 6. The number of rotatable bonds is 5. The van der Waals surface area contributed by atoms with Crippen LogP contribution in [0.1, 0.15) is 21.9 Å². The van der Waals surface area contributed by atoms with Gasteiger partial charge in [-0.15, -0.1) is 5.10 Å². The molecule has 0 aliphatic heterocycles. The SMILES string of the molecule is Cc1cc(C(=O)NCc2cn(CC(=O)O)nn2)no1. The molecule has 100 valence electrons.